The SMILES string of the molecule is CCc1cccc(I)c1.CN(C)c1ccc(/C=C/c2ccc(F)cc2)cc1.CN(C)c1ccc(/C=C/c2cccc(I)c2)cc1.Cc1ccc(/C=C/c2cccc(I)c2)cc1.Cc1cccc(/C=C/c2ccc(N(C)C)cc2)c1.Oc1ccc(/C=C/c2cccc(I)c2)cc1. The summed E-state index contributed by atoms with van der Waals surface area (Å²) in [7, 11) is 12.2. The van der Waals surface area contributed by atoms with Crippen LogP contribution in [0, 0.1) is 33.9 Å². The zero-order valence-electron chi connectivity index (χ0n) is 55.6. The molecule has 0 fully saturated rings. The van der Waals surface area contributed by atoms with Gasteiger partial charge in [0.15, 0.2) is 0 Å². The number of phenols is 1. The van der Waals surface area contributed by atoms with Gasteiger partial charge in [0.1, 0.15) is 11.6 Å². The molecule has 0 saturated carbocycles. The molecule has 11 aromatic rings. The minimum absolute atomic E-state index is 0.206. The Morgan fingerprint density at radius 2 is 0.558 bits per heavy atom. The van der Waals surface area contributed by atoms with E-state index in [1.54, 1.807) is 24.3 Å². The van der Waals surface area contributed by atoms with Crippen molar-refractivity contribution in [3.05, 3.63) is 359 Å². The summed E-state index contributed by atoms with van der Waals surface area (Å²) < 4.78 is 17.8. The monoisotopic (exact) mass is 1700 g/mol. The Kier molecular flexibility index (Phi) is 33.6. The number of hydrogen-bond donors (Lipinski definition) is 1. The van der Waals surface area contributed by atoms with Gasteiger partial charge < -0.3 is 19.8 Å². The fraction of sp³-hybridized carbons (Fsp3) is 0.116. The highest BCUT2D eigenvalue weighted by molar-refractivity contribution is 14.1. The van der Waals surface area contributed by atoms with Crippen LogP contribution in [0.1, 0.15) is 79.2 Å². The van der Waals surface area contributed by atoms with Crippen LogP contribution in [0.3, 0.4) is 0 Å². The molecule has 95 heavy (non-hydrogen) atoms. The third-order valence-corrected chi connectivity index (χ3v) is 17.0. The van der Waals surface area contributed by atoms with Crippen molar-refractivity contribution in [1.82, 2.24) is 0 Å². The summed E-state index contributed by atoms with van der Waals surface area (Å²) in [6, 6.07) is 89.9. The van der Waals surface area contributed by atoms with Crippen molar-refractivity contribution in [2.45, 2.75) is 27.2 Å². The van der Waals surface area contributed by atoms with Gasteiger partial charge in [0, 0.05) is 73.6 Å². The molecule has 0 unspecified atom stereocenters. The molecule has 0 aromatic heterocycles. The van der Waals surface area contributed by atoms with Crippen molar-refractivity contribution in [3.8, 4) is 5.75 Å². The van der Waals surface area contributed by atoms with E-state index < -0.39 is 0 Å². The zero-order chi connectivity index (χ0) is 68.3. The topological polar surface area (TPSA) is 30.0 Å². The van der Waals surface area contributed by atoms with E-state index in [2.05, 4.69) is 409 Å². The molecule has 4 nitrogen and oxygen atoms in total. The van der Waals surface area contributed by atoms with E-state index in [1.165, 1.54) is 99.1 Å². The molecule has 0 atom stereocenters. The molecule has 11 rings (SSSR count). The Labute approximate surface area is 620 Å². The second-order valence-electron chi connectivity index (χ2n) is 22.7. The van der Waals surface area contributed by atoms with Gasteiger partial charge in [-0.3, -0.25) is 0 Å². The van der Waals surface area contributed by atoms with Crippen molar-refractivity contribution in [1.29, 1.82) is 0 Å². The van der Waals surface area contributed by atoms with Crippen molar-refractivity contribution < 1.29 is 9.50 Å². The van der Waals surface area contributed by atoms with Crippen LogP contribution in [0.2, 0.25) is 0 Å². The minimum atomic E-state index is -0.206. The van der Waals surface area contributed by atoms with Crippen molar-refractivity contribution in [3.63, 3.8) is 0 Å². The summed E-state index contributed by atoms with van der Waals surface area (Å²) in [6.45, 7) is 6.39. The largest absolute Gasteiger partial charge is 0.508 e. The first-order valence-corrected chi connectivity index (χ1v) is 35.5. The number of benzene rings is 11. The molecular weight excluding hydrogens is 1620 g/mol. The van der Waals surface area contributed by atoms with Crippen LogP contribution in [0.4, 0.5) is 21.5 Å². The van der Waals surface area contributed by atoms with Crippen LogP contribution in [0.25, 0.3) is 60.8 Å². The first-order chi connectivity index (χ1) is 45.7. The normalized spacial score (nSPS) is 10.7. The molecular formula is C86H84FI4N3O. The van der Waals surface area contributed by atoms with Gasteiger partial charge in [0.2, 0.25) is 0 Å². The van der Waals surface area contributed by atoms with Crippen molar-refractivity contribution >= 4 is 168 Å². The third kappa shape index (κ3) is 30.6. The predicted molar refractivity (Wildman–Crippen MR) is 450 cm³/mol. The number of halogens is 5. The fourth-order valence-corrected chi connectivity index (χ4v) is 11.1. The lowest BCUT2D eigenvalue weighted by Gasteiger charge is -2.11. The van der Waals surface area contributed by atoms with Crippen molar-refractivity contribution in [2.75, 3.05) is 57.0 Å². The summed E-state index contributed by atoms with van der Waals surface area (Å²) in [5.74, 6) is 0.0916. The molecule has 0 radical (unpaired) electrons. The zero-order valence-corrected chi connectivity index (χ0v) is 64.2. The Bertz CT molecular complexity index is 3990. The average Bonchev–Trinajstić information content (AvgIpc) is 1.89. The number of anilines is 3. The summed E-state index contributed by atoms with van der Waals surface area (Å²) >= 11 is 9.29. The van der Waals surface area contributed by atoms with E-state index in [9.17, 15) is 4.39 Å². The van der Waals surface area contributed by atoms with Gasteiger partial charge in [-0.25, -0.2) is 4.39 Å². The van der Waals surface area contributed by atoms with Crippen LogP contribution < -0.4 is 14.7 Å². The molecule has 0 aliphatic carbocycles. The second-order valence-corrected chi connectivity index (χ2v) is 27.7. The van der Waals surface area contributed by atoms with E-state index in [4.69, 9.17) is 5.11 Å². The Morgan fingerprint density at radius 3 is 0.842 bits per heavy atom. The molecule has 484 valence electrons. The number of rotatable bonds is 14. The smallest absolute Gasteiger partial charge is 0.123 e. The summed E-state index contributed by atoms with van der Waals surface area (Å²) in [4.78, 5) is 6.27. The molecule has 0 aliphatic heterocycles. The molecule has 0 amide bonds. The van der Waals surface area contributed by atoms with Gasteiger partial charge in [-0.1, -0.05) is 237 Å². The van der Waals surface area contributed by atoms with Crippen LogP contribution in [-0.4, -0.2) is 47.4 Å². The number of aromatic hydroxyl groups is 1. The minimum Gasteiger partial charge on any atom is -0.508 e. The maximum Gasteiger partial charge on any atom is 0.123 e. The van der Waals surface area contributed by atoms with Gasteiger partial charge in [-0.2, -0.15) is 0 Å². The van der Waals surface area contributed by atoms with Crippen LogP contribution in [0.5, 0.6) is 5.75 Å². The standard InChI is InChI=1S/C17H19N.C16H16FN.C16H16IN.C15H13I.C14H11IO.C8H9I/c1-14-5-4-6-16(13-14)8-7-15-9-11-17(12-10-15)18(2)3;1-18(2)16-11-7-14(8-12-16)4-3-13-5-9-15(17)10-6-13;1-18(2)16-10-8-13(9-11-16)6-7-14-4-3-5-15(17)12-14;1-12-5-7-13(8-6-12)9-10-14-3-2-4-15(16)11-14;15-13-3-1-2-12(10-13)5-4-11-6-8-14(16)9-7-11;1-2-7-4-3-5-8(9)6-7/h4-13H,1-3H3;2*3-12H,1-2H3;2-11H,1H3;1-10,16H;3-6H,2H2,1H3/b8-7+;4-3+;7-6+;10-9+;5-4+;. The summed E-state index contributed by atoms with van der Waals surface area (Å²) in [5, 5.41) is 9.15. The van der Waals surface area contributed by atoms with Gasteiger partial charge in [-0.05, 0) is 281 Å². The van der Waals surface area contributed by atoms with Crippen LogP contribution >= 0.6 is 90.4 Å². The second kappa shape index (κ2) is 41.9. The molecule has 1 N–H and O–H groups in total. The van der Waals surface area contributed by atoms with Crippen LogP contribution in [-0.2, 0) is 6.42 Å². The first-order valence-electron chi connectivity index (χ1n) is 31.2. The maximum absolute atomic E-state index is 12.7. The predicted octanol–water partition coefficient (Wildman–Crippen LogP) is 24.6. The van der Waals surface area contributed by atoms with Gasteiger partial charge >= 0.3 is 0 Å². The first kappa shape index (κ1) is 76.2. The highest BCUT2D eigenvalue weighted by Crippen LogP contribution is 2.21. The lowest BCUT2D eigenvalue weighted by atomic mass is 10.1. The summed E-state index contributed by atoms with van der Waals surface area (Å²) in [6.07, 6.45) is 22.1. The molecule has 0 aliphatic rings. The van der Waals surface area contributed by atoms with E-state index in [0.717, 1.165) is 23.1 Å². The van der Waals surface area contributed by atoms with Gasteiger partial charge in [0.25, 0.3) is 0 Å². The van der Waals surface area contributed by atoms with Crippen molar-refractivity contribution in [2.24, 2.45) is 0 Å². The lowest BCUT2D eigenvalue weighted by Crippen LogP contribution is -2.07. The fourth-order valence-electron chi connectivity index (χ4n) is 8.81. The molecule has 0 spiro atoms. The Morgan fingerprint density at radius 1 is 0.295 bits per heavy atom. The summed E-state index contributed by atoms with van der Waals surface area (Å²) in [5.41, 5.74) is 19.4. The number of phenolic OH excluding ortho intramolecular Hbond substituents is 1. The van der Waals surface area contributed by atoms with Gasteiger partial charge in [0.05, 0.1) is 0 Å². The Balaban J connectivity index is 0.000000182. The van der Waals surface area contributed by atoms with E-state index in [1.807, 2.05) is 50.5 Å². The number of nitrogens with zero attached hydrogens (tertiary/aromatic N) is 3. The Hall–Kier alpha value is -7.83. The molecule has 0 bridgehead atoms. The quantitative estimate of drug-likeness (QED) is 0.0868. The van der Waals surface area contributed by atoms with E-state index in [-0.39, 0.29) is 5.82 Å². The number of aryl methyl sites for hydroxylation is 3. The number of hydrogen-bond acceptors (Lipinski definition) is 4. The third-order valence-electron chi connectivity index (χ3n) is 14.3. The van der Waals surface area contributed by atoms with E-state index >= 15 is 0 Å². The van der Waals surface area contributed by atoms with E-state index in [0.29, 0.717) is 5.75 Å². The highest BCUT2D eigenvalue weighted by atomic mass is 127. The van der Waals surface area contributed by atoms with Gasteiger partial charge in [-0.15, -0.1) is 0 Å². The highest BCUT2D eigenvalue weighted by Gasteiger charge is 1.99. The lowest BCUT2D eigenvalue weighted by molar-refractivity contribution is 0.475. The molecule has 9 heteroatoms. The average molecular weight is 1700 g/mol. The maximum atomic E-state index is 12.7. The molecule has 0 saturated heterocycles. The molecule has 11 aromatic carbocycles. The molecule has 0 heterocycles. The van der Waals surface area contributed by atoms with Crippen LogP contribution in [0.15, 0.2) is 267 Å².